The maximum Gasteiger partial charge on any atom is 0.416 e. The monoisotopic (exact) mass is 350 g/mol. The summed E-state index contributed by atoms with van der Waals surface area (Å²) in [6.07, 6.45) is 0.678. The van der Waals surface area contributed by atoms with Crippen LogP contribution in [0.2, 0.25) is 0 Å². The first-order valence-corrected chi connectivity index (χ1v) is 7.45. The first-order valence-electron chi connectivity index (χ1n) is 7.45. The smallest absolute Gasteiger partial charge is 0.416 e. The van der Waals surface area contributed by atoms with E-state index < -0.39 is 17.6 Å². The summed E-state index contributed by atoms with van der Waals surface area (Å²) in [5.74, 6) is -0.430. The standard InChI is InChI=1S/C18H14F4N2O/c19-17-9-15(18(20,21)22)4-3-14(17)11-25-16-5-1-13(2-6-16)10-24-8-7-23-12-24/h1-9,12H,10-11H2. The maximum absolute atomic E-state index is 13.8. The van der Waals surface area contributed by atoms with Crippen molar-refractivity contribution in [2.75, 3.05) is 0 Å². The summed E-state index contributed by atoms with van der Waals surface area (Å²) in [7, 11) is 0. The van der Waals surface area contributed by atoms with Crippen LogP contribution in [0.5, 0.6) is 5.75 Å². The number of imidazole rings is 1. The zero-order valence-corrected chi connectivity index (χ0v) is 13.0. The van der Waals surface area contributed by atoms with Gasteiger partial charge < -0.3 is 9.30 Å². The Bertz CT molecular complexity index is 827. The Morgan fingerprint density at radius 3 is 2.40 bits per heavy atom. The van der Waals surface area contributed by atoms with Crippen LogP contribution in [0, 0.1) is 5.82 Å². The second kappa shape index (κ2) is 6.96. The normalized spacial score (nSPS) is 11.5. The molecule has 130 valence electrons. The van der Waals surface area contributed by atoms with Crippen molar-refractivity contribution < 1.29 is 22.3 Å². The van der Waals surface area contributed by atoms with Crippen molar-refractivity contribution in [1.82, 2.24) is 9.55 Å². The molecule has 0 N–H and O–H groups in total. The first-order chi connectivity index (χ1) is 11.9. The SMILES string of the molecule is Fc1cc(C(F)(F)F)ccc1COc1ccc(Cn2ccnc2)cc1. The van der Waals surface area contributed by atoms with E-state index in [9.17, 15) is 17.6 Å². The van der Waals surface area contributed by atoms with Gasteiger partial charge in [0.05, 0.1) is 11.9 Å². The number of halogens is 4. The Labute approximate surface area is 141 Å². The topological polar surface area (TPSA) is 27.1 Å². The number of alkyl halides is 3. The molecule has 0 bridgehead atoms. The summed E-state index contributed by atoms with van der Waals surface area (Å²) in [6.45, 7) is 0.513. The van der Waals surface area contributed by atoms with Crippen molar-refractivity contribution in [2.45, 2.75) is 19.3 Å². The van der Waals surface area contributed by atoms with Crippen LogP contribution in [0.25, 0.3) is 0 Å². The number of aromatic nitrogens is 2. The number of benzene rings is 2. The molecule has 0 aliphatic rings. The predicted octanol–water partition coefficient (Wildman–Crippen LogP) is 4.67. The van der Waals surface area contributed by atoms with Gasteiger partial charge in [-0.2, -0.15) is 13.2 Å². The van der Waals surface area contributed by atoms with Gasteiger partial charge >= 0.3 is 6.18 Å². The lowest BCUT2D eigenvalue weighted by Gasteiger charge is -2.11. The fourth-order valence-corrected chi connectivity index (χ4v) is 2.28. The Kier molecular flexibility index (Phi) is 4.74. The molecule has 25 heavy (non-hydrogen) atoms. The van der Waals surface area contributed by atoms with Gasteiger partial charge in [-0.05, 0) is 29.8 Å². The highest BCUT2D eigenvalue weighted by molar-refractivity contribution is 5.29. The highest BCUT2D eigenvalue weighted by Gasteiger charge is 2.31. The second-order valence-corrected chi connectivity index (χ2v) is 5.47. The number of rotatable bonds is 5. The van der Waals surface area contributed by atoms with E-state index in [0.717, 1.165) is 17.7 Å². The molecular formula is C18H14F4N2O. The summed E-state index contributed by atoms with van der Waals surface area (Å²) in [5, 5.41) is 0. The van der Waals surface area contributed by atoms with E-state index >= 15 is 0 Å². The van der Waals surface area contributed by atoms with Gasteiger partial charge in [-0.15, -0.1) is 0 Å². The van der Waals surface area contributed by atoms with E-state index in [2.05, 4.69) is 4.98 Å². The fourth-order valence-electron chi connectivity index (χ4n) is 2.28. The fraction of sp³-hybridized carbons (Fsp3) is 0.167. The van der Waals surface area contributed by atoms with E-state index in [-0.39, 0.29) is 12.2 Å². The number of hydrogen-bond donors (Lipinski definition) is 0. The third-order valence-corrected chi connectivity index (χ3v) is 3.62. The molecule has 7 heteroatoms. The zero-order valence-electron chi connectivity index (χ0n) is 13.0. The maximum atomic E-state index is 13.8. The molecular weight excluding hydrogens is 336 g/mol. The Morgan fingerprint density at radius 2 is 1.80 bits per heavy atom. The molecule has 0 saturated heterocycles. The molecule has 3 rings (SSSR count). The first kappa shape index (κ1) is 17.0. The minimum absolute atomic E-state index is 0.0653. The lowest BCUT2D eigenvalue weighted by molar-refractivity contribution is -0.137. The molecule has 1 aromatic heterocycles. The third-order valence-electron chi connectivity index (χ3n) is 3.62. The molecule has 0 unspecified atom stereocenters. The van der Waals surface area contributed by atoms with E-state index in [4.69, 9.17) is 4.74 Å². The van der Waals surface area contributed by atoms with Gasteiger partial charge in [0.2, 0.25) is 0 Å². The summed E-state index contributed by atoms with van der Waals surface area (Å²) in [4.78, 5) is 3.96. The Hall–Kier alpha value is -2.83. The van der Waals surface area contributed by atoms with Crippen LogP contribution in [0.4, 0.5) is 17.6 Å². The van der Waals surface area contributed by atoms with Crippen molar-refractivity contribution >= 4 is 0 Å². The van der Waals surface area contributed by atoms with Crippen molar-refractivity contribution in [2.24, 2.45) is 0 Å². The summed E-state index contributed by atoms with van der Waals surface area (Å²) >= 11 is 0. The largest absolute Gasteiger partial charge is 0.489 e. The van der Waals surface area contributed by atoms with Crippen molar-refractivity contribution in [3.63, 3.8) is 0 Å². The molecule has 0 radical (unpaired) electrons. The number of nitrogens with zero attached hydrogens (tertiary/aromatic N) is 2. The number of ether oxygens (including phenoxy) is 1. The van der Waals surface area contributed by atoms with Crippen LogP contribution in [-0.4, -0.2) is 9.55 Å². The van der Waals surface area contributed by atoms with Gasteiger partial charge in [0.15, 0.2) is 0 Å². The lowest BCUT2D eigenvalue weighted by atomic mass is 10.1. The Balaban J connectivity index is 1.62. The van der Waals surface area contributed by atoms with E-state index in [1.807, 2.05) is 22.9 Å². The van der Waals surface area contributed by atoms with Crippen molar-refractivity contribution in [3.05, 3.63) is 83.7 Å². The van der Waals surface area contributed by atoms with Gasteiger partial charge in [0, 0.05) is 24.5 Å². The summed E-state index contributed by atoms with van der Waals surface area (Å²) < 4.78 is 58.7. The number of hydrogen-bond acceptors (Lipinski definition) is 2. The van der Waals surface area contributed by atoms with Crippen LogP contribution in [-0.2, 0) is 19.3 Å². The minimum Gasteiger partial charge on any atom is -0.489 e. The van der Waals surface area contributed by atoms with E-state index in [1.165, 1.54) is 0 Å². The average molecular weight is 350 g/mol. The lowest BCUT2D eigenvalue weighted by Crippen LogP contribution is -2.07. The molecule has 2 aromatic carbocycles. The molecule has 0 spiro atoms. The van der Waals surface area contributed by atoms with Gasteiger partial charge in [0.1, 0.15) is 18.2 Å². The highest BCUT2D eigenvalue weighted by atomic mass is 19.4. The van der Waals surface area contributed by atoms with E-state index in [0.29, 0.717) is 18.4 Å². The molecule has 0 atom stereocenters. The second-order valence-electron chi connectivity index (χ2n) is 5.47. The Morgan fingerprint density at radius 1 is 1.04 bits per heavy atom. The third kappa shape index (κ3) is 4.37. The van der Waals surface area contributed by atoms with Gasteiger partial charge in [-0.1, -0.05) is 18.2 Å². The van der Waals surface area contributed by atoms with Gasteiger partial charge in [-0.3, -0.25) is 0 Å². The predicted molar refractivity (Wildman–Crippen MR) is 83.5 cm³/mol. The average Bonchev–Trinajstić information content (AvgIpc) is 3.07. The summed E-state index contributed by atoms with van der Waals surface area (Å²) in [5.41, 5.74) is 0.0826. The molecule has 0 fully saturated rings. The van der Waals surface area contributed by atoms with Crippen LogP contribution < -0.4 is 4.74 Å². The molecule has 0 amide bonds. The van der Waals surface area contributed by atoms with E-state index in [1.54, 1.807) is 24.7 Å². The quantitative estimate of drug-likeness (QED) is 0.626. The molecule has 0 saturated carbocycles. The van der Waals surface area contributed by atoms with Gasteiger partial charge in [-0.25, -0.2) is 9.37 Å². The minimum atomic E-state index is -4.56. The van der Waals surface area contributed by atoms with Crippen LogP contribution in [0.15, 0.2) is 61.2 Å². The molecule has 0 aliphatic heterocycles. The van der Waals surface area contributed by atoms with Crippen LogP contribution in [0.3, 0.4) is 0 Å². The molecule has 3 nitrogen and oxygen atoms in total. The molecule has 3 aromatic rings. The van der Waals surface area contributed by atoms with Crippen molar-refractivity contribution in [3.8, 4) is 5.75 Å². The van der Waals surface area contributed by atoms with Crippen molar-refractivity contribution in [1.29, 1.82) is 0 Å². The zero-order chi connectivity index (χ0) is 17.9. The van der Waals surface area contributed by atoms with Crippen LogP contribution in [0.1, 0.15) is 16.7 Å². The highest BCUT2D eigenvalue weighted by Crippen LogP contribution is 2.30. The van der Waals surface area contributed by atoms with Crippen LogP contribution >= 0.6 is 0 Å². The van der Waals surface area contributed by atoms with Gasteiger partial charge in [0.25, 0.3) is 0 Å². The summed E-state index contributed by atoms with van der Waals surface area (Å²) in [6, 6.07) is 9.59. The molecule has 0 aliphatic carbocycles. The molecule has 1 heterocycles.